The van der Waals surface area contributed by atoms with Crippen LogP contribution in [0, 0.1) is 0 Å². The molecule has 1 fully saturated rings. The molecule has 1 aliphatic rings. The normalized spacial score (nSPS) is 16.3. The van der Waals surface area contributed by atoms with Gasteiger partial charge in [0.25, 0.3) is 0 Å². The third-order valence-corrected chi connectivity index (χ3v) is 6.55. The first-order chi connectivity index (χ1) is 15.6. The first-order valence-corrected chi connectivity index (χ1v) is 11.5. The fourth-order valence-corrected chi connectivity index (χ4v) is 4.51. The molecule has 2 aromatic rings. The van der Waals surface area contributed by atoms with Gasteiger partial charge in [-0.25, -0.2) is 0 Å². The number of halogens is 4. The number of nitrogens with zero attached hydrogens (tertiary/aromatic N) is 2. The van der Waals surface area contributed by atoms with Gasteiger partial charge in [0.2, 0.25) is 12.3 Å². The average Bonchev–Trinajstić information content (AvgIpc) is 2.78. The topological polar surface area (TPSA) is 52.7 Å². The van der Waals surface area contributed by atoms with E-state index in [1.807, 2.05) is 29.6 Å². The van der Waals surface area contributed by atoms with Crippen molar-refractivity contribution in [3.8, 4) is 0 Å². The summed E-state index contributed by atoms with van der Waals surface area (Å²) in [4.78, 5) is 27.4. The molecule has 0 spiro atoms. The molecule has 3 rings (SSSR count). The second-order valence-corrected chi connectivity index (χ2v) is 9.52. The van der Waals surface area contributed by atoms with Gasteiger partial charge in [-0.15, -0.1) is 0 Å². The third-order valence-electron chi connectivity index (χ3n) is 6.05. The Kier molecular flexibility index (Phi) is 8.18. The first-order valence-electron chi connectivity index (χ1n) is 10.7. The van der Waals surface area contributed by atoms with Crippen LogP contribution in [0.25, 0.3) is 0 Å². The Morgan fingerprint density at radius 1 is 1.18 bits per heavy atom. The van der Waals surface area contributed by atoms with Gasteiger partial charge >= 0.3 is 6.18 Å². The van der Waals surface area contributed by atoms with Gasteiger partial charge in [-0.2, -0.15) is 13.2 Å². The van der Waals surface area contributed by atoms with Crippen molar-refractivity contribution in [1.82, 2.24) is 10.2 Å². The standard InChI is InChI=1S/C24H27BrF3N3O2/c1-23(9-11-30(12-10-23)14-18-5-3-2-4-6-18)20-13-19(25)7-8-21(20)31(17-32)15-22(33)29-16-24(26,27)28/h2-8,13,17H,9-12,14-16H2,1H3,(H,29,33). The third kappa shape index (κ3) is 7.04. The van der Waals surface area contributed by atoms with Crippen molar-refractivity contribution in [2.24, 2.45) is 0 Å². The predicted molar refractivity (Wildman–Crippen MR) is 125 cm³/mol. The zero-order valence-corrected chi connectivity index (χ0v) is 20.0. The molecule has 1 saturated heterocycles. The highest BCUT2D eigenvalue weighted by atomic mass is 79.9. The van der Waals surface area contributed by atoms with E-state index in [9.17, 15) is 22.8 Å². The number of hydrogen-bond donors (Lipinski definition) is 1. The van der Waals surface area contributed by atoms with Gasteiger partial charge in [-0.3, -0.25) is 14.5 Å². The molecule has 178 valence electrons. The van der Waals surface area contributed by atoms with E-state index >= 15 is 0 Å². The van der Waals surface area contributed by atoms with Gasteiger partial charge in [0, 0.05) is 16.7 Å². The number of rotatable bonds is 8. The SMILES string of the molecule is CC1(c2cc(Br)ccc2N(C=O)CC(=O)NCC(F)(F)F)CCN(Cc2ccccc2)CC1. The van der Waals surface area contributed by atoms with Crippen molar-refractivity contribution in [2.45, 2.75) is 37.9 Å². The highest BCUT2D eigenvalue weighted by Crippen LogP contribution is 2.41. The van der Waals surface area contributed by atoms with Crippen molar-refractivity contribution in [2.75, 3.05) is 31.1 Å². The lowest BCUT2D eigenvalue weighted by atomic mass is 9.73. The molecule has 1 heterocycles. The summed E-state index contributed by atoms with van der Waals surface area (Å²) in [6.45, 7) is 2.81. The Bertz CT molecular complexity index is 961. The minimum absolute atomic E-state index is 0.254. The zero-order valence-electron chi connectivity index (χ0n) is 18.4. The van der Waals surface area contributed by atoms with Gasteiger partial charge in [-0.1, -0.05) is 53.2 Å². The molecule has 0 aliphatic carbocycles. The Balaban J connectivity index is 1.74. The van der Waals surface area contributed by atoms with Gasteiger partial charge < -0.3 is 10.2 Å². The molecule has 1 aliphatic heterocycles. The van der Waals surface area contributed by atoms with Crippen LogP contribution in [0.4, 0.5) is 18.9 Å². The number of amides is 2. The molecule has 0 atom stereocenters. The van der Waals surface area contributed by atoms with Gasteiger partial charge in [0.05, 0.1) is 0 Å². The fourth-order valence-electron chi connectivity index (χ4n) is 4.15. The summed E-state index contributed by atoms with van der Waals surface area (Å²) in [5.74, 6) is -0.865. The molecule has 2 amide bonds. The van der Waals surface area contributed by atoms with Crippen LogP contribution in [0.2, 0.25) is 0 Å². The van der Waals surface area contributed by atoms with Crippen molar-refractivity contribution in [3.05, 3.63) is 64.1 Å². The fraction of sp³-hybridized carbons (Fsp3) is 0.417. The van der Waals surface area contributed by atoms with E-state index < -0.39 is 25.2 Å². The van der Waals surface area contributed by atoms with Crippen LogP contribution in [-0.2, 0) is 21.5 Å². The van der Waals surface area contributed by atoms with Crippen LogP contribution in [0.1, 0.15) is 30.9 Å². The first kappa shape index (κ1) is 25.2. The summed E-state index contributed by atoms with van der Waals surface area (Å²) in [6.07, 6.45) is -2.33. The summed E-state index contributed by atoms with van der Waals surface area (Å²) < 4.78 is 38.1. The Labute approximate surface area is 200 Å². The number of benzene rings is 2. The number of alkyl halides is 3. The number of piperidine rings is 1. The number of carbonyl (C=O) groups is 2. The van der Waals surface area contributed by atoms with Gasteiger partial charge in [-0.05, 0) is 60.7 Å². The summed E-state index contributed by atoms with van der Waals surface area (Å²) in [6, 6.07) is 15.7. The highest BCUT2D eigenvalue weighted by Gasteiger charge is 2.35. The molecule has 0 radical (unpaired) electrons. The molecule has 9 heteroatoms. The summed E-state index contributed by atoms with van der Waals surface area (Å²) in [5, 5.41) is 1.83. The van der Waals surface area contributed by atoms with Crippen LogP contribution in [-0.4, -0.2) is 49.6 Å². The van der Waals surface area contributed by atoms with Crippen LogP contribution in [0.5, 0.6) is 0 Å². The minimum atomic E-state index is -4.51. The van der Waals surface area contributed by atoms with Crippen LogP contribution in [0.15, 0.2) is 53.0 Å². The number of likely N-dealkylation sites (tertiary alicyclic amines) is 1. The molecule has 0 aromatic heterocycles. The van der Waals surface area contributed by atoms with E-state index in [1.165, 1.54) is 10.5 Å². The molecule has 5 nitrogen and oxygen atoms in total. The van der Waals surface area contributed by atoms with Crippen molar-refractivity contribution in [1.29, 1.82) is 0 Å². The van der Waals surface area contributed by atoms with E-state index in [0.29, 0.717) is 12.1 Å². The predicted octanol–water partition coefficient (Wildman–Crippen LogP) is 4.64. The summed E-state index contributed by atoms with van der Waals surface area (Å²) in [7, 11) is 0. The van der Waals surface area contributed by atoms with Crippen LogP contribution < -0.4 is 10.2 Å². The van der Waals surface area contributed by atoms with Crippen LogP contribution in [0.3, 0.4) is 0 Å². The monoisotopic (exact) mass is 525 g/mol. The highest BCUT2D eigenvalue weighted by molar-refractivity contribution is 9.10. The second kappa shape index (κ2) is 10.7. The largest absolute Gasteiger partial charge is 0.405 e. The van der Waals surface area contributed by atoms with Gasteiger partial charge in [0.15, 0.2) is 0 Å². The average molecular weight is 526 g/mol. The molecule has 0 bridgehead atoms. The van der Waals surface area contributed by atoms with Crippen molar-refractivity contribution in [3.63, 3.8) is 0 Å². The molecule has 0 unspecified atom stereocenters. The van der Waals surface area contributed by atoms with E-state index in [0.717, 1.165) is 42.5 Å². The second-order valence-electron chi connectivity index (χ2n) is 8.61. The maximum atomic E-state index is 12.4. The molecular formula is C24H27BrF3N3O2. The molecule has 1 N–H and O–H groups in total. The lowest BCUT2D eigenvalue weighted by molar-refractivity contribution is -0.137. The Morgan fingerprint density at radius 2 is 1.85 bits per heavy atom. The molecule has 0 saturated carbocycles. The number of nitrogens with one attached hydrogen (secondary N) is 1. The lowest BCUT2D eigenvalue weighted by Crippen LogP contribution is -2.43. The minimum Gasteiger partial charge on any atom is -0.345 e. The van der Waals surface area contributed by atoms with E-state index in [4.69, 9.17) is 0 Å². The maximum Gasteiger partial charge on any atom is 0.405 e. The Morgan fingerprint density at radius 3 is 2.45 bits per heavy atom. The van der Waals surface area contributed by atoms with Crippen molar-refractivity contribution < 1.29 is 22.8 Å². The van der Waals surface area contributed by atoms with Crippen molar-refractivity contribution >= 4 is 33.9 Å². The smallest absolute Gasteiger partial charge is 0.345 e. The number of anilines is 1. The maximum absolute atomic E-state index is 12.4. The van der Waals surface area contributed by atoms with E-state index in [-0.39, 0.29) is 5.41 Å². The van der Waals surface area contributed by atoms with Crippen LogP contribution >= 0.6 is 15.9 Å². The quantitative estimate of drug-likeness (QED) is 0.510. The zero-order chi connectivity index (χ0) is 24.1. The summed E-state index contributed by atoms with van der Waals surface area (Å²) >= 11 is 3.49. The molecule has 33 heavy (non-hydrogen) atoms. The number of hydrogen-bond acceptors (Lipinski definition) is 3. The molecule has 2 aromatic carbocycles. The lowest BCUT2D eigenvalue weighted by Gasteiger charge is -2.41. The van der Waals surface area contributed by atoms with E-state index in [2.05, 4.69) is 39.9 Å². The van der Waals surface area contributed by atoms with Gasteiger partial charge in [0.1, 0.15) is 13.1 Å². The number of carbonyl (C=O) groups excluding carboxylic acids is 2. The molecular weight excluding hydrogens is 499 g/mol. The Hall–Kier alpha value is -2.39. The van der Waals surface area contributed by atoms with E-state index in [1.54, 1.807) is 12.1 Å². The summed E-state index contributed by atoms with van der Waals surface area (Å²) in [5.41, 5.74) is 2.43.